The number of hydrogen-bond acceptors (Lipinski definition) is 11. The fraction of sp³-hybridized carbons (Fsp3) is 0.688. The van der Waals surface area contributed by atoms with Crippen LogP contribution >= 0.6 is 11.8 Å². The van der Waals surface area contributed by atoms with Crippen LogP contribution in [0.1, 0.15) is 34.6 Å². The van der Waals surface area contributed by atoms with E-state index in [-0.39, 0.29) is 11.7 Å². The van der Waals surface area contributed by atoms with E-state index in [1.165, 1.54) is 13.8 Å². The summed E-state index contributed by atoms with van der Waals surface area (Å²) in [5.41, 5.74) is 0. The summed E-state index contributed by atoms with van der Waals surface area (Å²) >= 11 is 0.798. The highest BCUT2D eigenvalue weighted by atomic mass is 32.2. The molecule has 0 amide bonds. The number of hydrogen-bond donors (Lipinski definition) is 0. The molecule has 152 valence electrons. The van der Waals surface area contributed by atoms with Gasteiger partial charge >= 0.3 is 23.9 Å². The fourth-order valence-corrected chi connectivity index (χ4v) is 3.37. The smallest absolute Gasteiger partial charge is 0.305 e. The number of ether oxygens (including phenoxy) is 5. The van der Waals surface area contributed by atoms with Gasteiger partial charge in [0.15, 0.2) is 11.2 Å². The molecule has 5 atom stereocenters. The Morgan fingerprint density at radius 2 is 1.33 bits per heavy atom. The average molecular weight is 406 g/mol. The minimum absolute atomic E-state index is 0.235. The number of thioether (sulfide) groups is 1. The first-order valence-electron chi connectivity index (χ1n) is 7.99. The molecule has 1 saturated heterocycles. The second-order valence-corrected chi connectivity index (χ2v) is 7.09. The molecule has 0 saturated carbocycles. The van der Waals surface area contributed by atoms with Gasteiger partial charge in [0.05, 0.1) is 5.25 Å². The van der Waals surface area contributed by atoms with Crippen molar-refractivity contribution < 1.29 is 47.7 Å². The van der Waals surface area contributed by atoms with Crippen LogP contribution in [0.2, 0.25) is 0 Å². The van der Waals surface area contributed by atoms with E-state index in [0.717, 1.165) is 32.5 Å². The molecule has 0 aromatic rings. The van der Waals surface area contributed by atoms with Crippen molar-refractivity contribution in [2.75, 3.05) is 6.61 Å². The molecule has 10 nitrogen and oxygen atoms in total. The lowest BCUT2D eigenvalue weighted by atomic mass is 10.1. The van der Waals surface area contributed by atoms with E-state index in [4.69, 9.17) is 23.7 Å². The van der Waals surface area contributed by atoms with Crippen LogP contribution in [0.25, 0.3) is 0 Å². The number of esters is 4. The highest BCUT2D eigenvalue weighted by Gasteiger charge is 2.54. The monoisotopic (exact) mass is 406 g/mol. The topological polar surface area (TPSA) is 132 Å². The molecule has 0 aromatic carbocycles. The molecule has 0 spiro atoms. The molecule has 0 N–H and O–H groups in total. The molecule has 27 heavy (non-hydrogen) atoms. The van der Waals surface area contributed by atoms with Crippen LogP contribution in [-0.2, 0) is 47.7 Å². The van der Waals surface area contributed by atoms with E-state index >= 15 is 0 Å². The first-order chi connectivity index (χ1) is 12.5. The van der Waals surface area contributed by atoms with Crippen molar-refractivity contribution in [1.82, 2.24) is 0 Å². The summed E-state index contributed by atoms with van der Waals surface area (Å²) in [7, 11) is 0. The van der Waals surface area contributed by atoms with E-state index in [1.807, 2.05) is 0 Å². The van der Waals surface area contributed by atoms with Gasteiger partial charge in [0.2, 0.25) is 12.4 Å². The lowest BCUT2D eigenvalue weighted by Gasteiger charge is -2.26. The molecule has 0 bridgehead atoms. The molecule has 1 fully saturated rings. The van der Waals surface area contributed by atoms with Gasteiger partial charge in [0.1, 0.15) is 12.7 Å². The van der Waals surface area contributed by atoms with Crippen LogP contribution in [0, 0.1) is 0 Å². The maximum Gasteiger partial charge on any atom is 0.305 e. The van der Waals surface area contributed by atoms with E-state index < -0.39 is 53.7 Å². The second-order valence-electron chi connectivity index (χ2n) is 5.68. The molecule has 0 radical (unpaired) electrons. The second kappa shape index (κ2) is 10.3. The summed E-state index contributed by atoms with van der Waals surface area (Å²) in [6.07, 6.45) is -4.82. The third-order valence-corrected chi connectivity index (χ3v) is 4.27. The van der Waals surface area contributed by atoms with E-state index in [9.17, 15) is 24.0 Å². The molecular formula is C16H22O10S. The lowest BCUT2D eigenvalue weighted by molar-refractivity contribution is -0.195. The molecule has 11 heteroatoms. The van der Waals surface area contributed by atoms with Crippen LogP contribution in [0.5, 0.6) is 0 Å². The zero-order valence-electron chi connectivity index (χ0n) is 15.6. The van der Waals surface area contributed by atoms with Gasteiger partial charge in [0, 0.05) is 34.6 Å². The highest BCUT2D eigenvalue weighted by molar-refractivity contribution is 8.14. The molecule has 1 aliphatic rings. The summed E-state index contributed by atoms with van der Waals surface area (Å²) in [6, 6.07) is 0. The van der Waals surface area contributed by atoms with Crippen molar-refractivity contribution in [1.29, 1.82) is 0 Å². The van der Waals surface area contributed by atoms with Crippen molar-refractivity contribution in [3.05, 3.63) is 0 Å². The zero-order chi connectivity index (χ0) is 20.7. The van der Waals surface area contributed by atoms with Gasteiger partial charge < -0.3 is 23.7 Å². The van der Waals surface area contributed by atoms with Gasteiger partial charge in [0.25, 0.3) is 0 Å². The zero-order valence-corrected chi connectivity index (χ0v) is 16.4. The summed E-state index contributed by atoms with van der Waals surface area (Å²) in [5, 5.41) is -1.10. The Bertz CT molecular complexity index is 604. The summed E-state index contributed by atoms with van der Waals surface area (Å²) in [6.45, 7) is 5.65. The fourth-order valence-electron chi connectivity index (χ4n) is 2.46. The Labute approximate surface area is 160 Å². The van der Waals surface area contributed by atoms with Gasteiger partial charge in [-0.2, -0.15) is 0 Å². The Balaban J connectivity index is 3.20. The summed E-state index contributed by atoms with van der Waals surface area (Å²) in [4.78, 5) is 57.1. The lowest BCUT2D eigenvalue weighted by Crippen LogP contribution is -2.44. The highest BCUT2D eigenvalue weighted by Crippen LogP contribution is 2.34. The van der Waals surface area contributed by atoms with Crippen molar-refractivity contribution in [3.63, 3.8) is 0 Å². The maximum atomic E-state index is 11.6. The predicted octanol–water partition coefficient (Wildman–Crippen LogP) is 0.349. The Morgan fingerprint density at radius 1 is 0.815 bits per heavy atom. The Kier molecular flexibility index (Phi) is 8.70. The minimum Gasteiger partial charge on any atom is -0.465 e. The third kappa shape index (κ3) is 7.55. The minimum atomic E-state index is -1.35. The van der Waals surface area contributed by atoms with Crippen LogP contribution in [0.4, 0.5) is 0 Å². The molecule has 1 rings (SSSR count). The number of carbonyl (C=O) groups is 5. The molecule has 0 aromatic heterocycles. The summed E-state index contributed by atoms with van der Waals surface area (Å²) in [5.74, 6) is -2.71. The van der Waals surface area contributed by atoms with Gasteiger partial charge in [-0.05, 0) is 0 Å². The molecule has 0 unspecified atom stereocenters. The van der Waals surface area contributed by atoms with Crippen LogP contribution in [0.15, 0.2) is 0 Å². The molecule has 1 heterocycles. The van der Waals surface area contributed by atoms with Crippen LogP contribution < -0.4 is 0 Å². The quantitative estimate of drug-likeness (QED) is 0.428. The van der Waals surface area contributed by atoms with E-state index in [1.54, 1.807) is 0 Å². The van der Waals surface area contributed by atoms with E-state index in [0.29, 0.717) is 0 Å². The largest absolute Gasteiger partial charge is 0.465 e. The van der Waals surface area contributed by atoms with Gasteiger partial charge in [-0.25, -0.2) is 0 Å². The first kappa shape index (κ1) is 22.9. The molecule has 0 aliphatic carbocycles. The Morgan fingerprint density at radius 3 is 1.78 bits per heavy atom. The van der Waals surface area contributed by atoms with Crippen molar-refractivity contribution in [2.24, 2.45) is 0 Å². The summed E-state index contributed by atoms with van der Waals surface area (Å²) < 4.78 is 26.0. The maximum absolute atomic E-state index is 11.6. The standard InChI is InChI=1S/C16H22O10S/c1-7(17)22-6-12(27-11(5)21)13-14(23-8(2)18)15(24-9(3)19)16(26-13)25-10(4)20/h12-16H,6H2,1-5H3/t12-,13-,14-,15+,16+/m0/s1. The van der Waals surface area contributed by atoms with Gasteiger partial charge in [-0.15, -0.1) is 0 Å². The van der Waals surface area contributed by atoms with Crippen LogP contribution in [-0.4, -0.2) is 65.5 Å². The SMILES string of the molecule is CC(=O)OC[C@H](SC(C)=O)[C@@H]1O[C@@H](OC(C)=O)[C@H](OC(C)=O)[C@H]1OC(C)=O. The third-order valence-electron chi connectivity index (χ3n) is 3.23. The van der Waals surface area contributed by atoms with Crippen molar-refractivity contribution in [2.45, 2.75) is 64.5 Å². The van der Waals surface area contributed by atoms with Gasteiger partial charge in [-0.1, -0.05) is 11.8 Å². The van der Waals surface area contributed by atoms with Crippen molar-refractivity contribution >= 4 is 40.8 Å². The van der Waals surface area contributed by atoms with E-state index in [2.05, 4.69) is 0 Å². The normalized spacial score (nSPS) is 25.2. The first-order valence-corrected chi connectivity index (χ1v) is 8.87. The Hall–Kier alpha value is -2.14. The predicted molar refractivity (Wildman–Crippen MR) is 90.2 cm³/mol. The number of rotatable bonds is 7. The van der Waals surface area contributed by atoms with Crippen LogP contribution in [0.3, 0.4) is 0 Å². The van der Waals surface area contributed by atoms with Gasteiger partial charge in [-0.3, -0.25) is 24.0 Å². The number of carbonyl (C=O) groups excluding carboxylic acids is 5. The van der Waals surface area contributed by atoms with Crippen molar-refractivity contribution in [3.8, 4) is 0 Å². The average Bonchev–Trinajstić information content (AvgIpc) is 2.79. The molecular weight excluding hydrogens is 384 g/mol. The molecule has 1 aliphatic heterocycles.